The Bertz CT molecular complexity index is 955. The van der Waals surface area contributed by atoms with Gasteiger partial charge in [0.05, 0.1) is 22.5 Å². The van der Waals surface area contributed by atoms with E-state index in [1.54, 1.807) is 54.7 Å². The van der Waals surface area contributed by atoms with Gasteiger partial charge in [-0.1, -0.05) is 35.9 Å². The van der Waals surface area contributed by atoms with Gasteiger partial charge in [0, 0.05) is 11.3 Å². The molecule has 0 atom stereocenters. The summed E-state index contributed by atoms with van der Waals surface area (Å²) < 4.78 is 0. The first kappa shape index (κ1) is 17.6. The largest absolute Gasteiger partial charge is 0.354 e. The number of Topliss-reactive ketones (excluding diaryl/α,β-unsaturated/α-hetero) is 1. The monoisotopic (exact) mass is 365 g/mol. The molecule has 0 aliphatic rings. The van der Waals surface area contributed by atoms with E-state index in [4.69, 9.17) is 11.6 Å². The first-order valence-corrected chi connectivity index (χ1v) is 8.31. The number of pyridine rings is 1. The van der Waals surface area contributed by atoms with Crippen molar-refractivity contribution < 1.29 is 9.59 Å². The van der Waals surface area contributed by atoms with Gasteiger partial charge in [-0.15, -0.1) is 0 Å². The van der Waals surface area contributed by atoms with Crippen LogP contribution >= 0.6 is 11.6 Å². The highest BCUT2D eigenvalue weighted by Gasteiger charge is 2.10. The van der Waals surface area contributed by atoms with Gasteiger partial charge >= 0.3 is 0 Å². The molecule has 0 saturated carbocycles. The number of hydrogen-bond acceptors (Lipinski definition) is 4. The molecule has 0 aliphatic heterocycles. The van der Waals surface area contributed by atoms with Crippen LogP contribution < -0.4 is 10.6 Å². The Morgan fingerprint density at radius 2 is 1.77 bits per heavy atom. The van der Waals surface area contributed by atoms with E-state index in [2.05, 4.69) is 15.6 Å². The Kier molecular flexibility index (Phi) is 5.29. The van der Waals surface area contributed by atoms with Crippen LogP contribution in [0.3, 0.4) is 0 Å². The number of rotatable bonds is 5. The molecule has 130 valence electrons. The van der Waals surface area contributed by atoms with Crippen LogP contribution in [0, 0.1) is 0 Å². The third-order valence-electron chi connectivity index (χ3n) is 3.68. The van der Waals surface area contributed by atoms with Gasteiger partial charge in [-0.3, -0.25) is 9.59 Å². The predicted molar refractivity (Wildman–Crippen MR) is 103 cm³/mol. The lowest BCUT2D eigenvalue weighted by atomic mass is 10.1. The standard InChI is InChI=1S/C20H16ClN3O2/c1-13(25)14-5-4-6-15(11-14)23-16-9-10-19(22-12-16)24-20(26)17-7-2-3-8-18(17)21/h2-12,23H,1H3,(H,22,24,26). The number of anilines is 3. The van der Waals surface area contributed by atoms with Crippen LogP contribution in [-0.2, 0) is 0 Å². The van der Waals surface area contributed by atoms with Gasteiger partial charge in [0.1, 0.15) is 5.82 Å². The second-order valence-corrected chi connectivity index (χ2v) is 6.04. The lowest BCUT2D eigenvalue weighted by Crippen LogP contribution is -2.13. The Hall–Kier alpha value is -3.18. The molecule has 2 N–H and O–H groups in total. The van der Waals surface area contributed by atoms with Crippen LogP contribution in [0.15, 0.2) is 66.9 Å². The van der Waals surface area contributed by atoms with E-state index in [0.717, 1.165) is 11.4 Å². The first-order valence-electron chi connectivity index (χ1n) is 7.93. The molecule has 1 amide bonds. The van der Waals surface area contributed by atoms with Crippen LogP contribution in [0.2, 0.25) is 5.02 Å². The van der Waals surface area contributed by atoms with Crippen LogP contribution in [-0.4, -0.2) is 16.7 Å². The molecule has 1 heterocycles. The topological polar surface area (TPSA) is 71.1 Å². The highest BCUT2D eigenvalue weighted by molar-refractivity contribution is 6.34. The number of nitrogens with zero attached hydrogens (tertiary/aromatic N) is 1. The fraction of sp³-hybridized carbons (Fsp3) is 0.0500. The fourth-order valence-corrected chi connectivity index (χ4v) is 2.57. The number of ketones is 1. The Morgan fingerprint density at radius 3 is 2.46 bits per heavy atom. The van der Waals surface area contributed by atoms with Crippen molar-refractivity contribution in [1.29, 1.82) is 0 Å². The molecule has 0 spiro atoms. The van der Waals surface area contributed by atoms with Gasteiger partial charge in [0.2, 0.25) is 0 Å². The van der Waals surface area contributed by atoms with Crippen molar-refractivity contribution in [2.45, 2.75) is 6.92 Å². The zero-order valence-electron chi connectivity index (χ0n) is 14.0. The zero-order chi connectivity index (χ0) is 18.5. The first-order chi connectivity index (χ1) is 12.5. The number of carbonyl (C=O) groups is 2. The van der Waals surface area contributed by atoms with Crippen molar-refractivity contribution in [3.63, 3.8) is 0 Å². The van der Waals surface area contributed by atoms with E-state index in [9.17, 15) is 9.59 Å². The van der Waals surface area contributed by atoms with Gasteiger partial charge in [-0.2, -0.15) is 0 Å². The number of hydrogen-bond donors (Lipinski definition) is 2. The number of nitrogens with one attached hydrogen (secondary N) is 2. The summed E-state index contributed by atoms with van der Waals surface area (Å²) >= 11 is 6.02. The second kappa shape index (κ2) is 7.80. The quantitative estimate of drug-likeness (QED) is 0.628. The molecule has 0 unspecified atom stereocenters. The summed E-state index contributed by atoms with van der Waals surface area (Å²) in [5, 5.41) is 6.26. The molecule has 2 aromatic carbocycles. The summed E-state index contributed by atoms with van der Waals surface area (Å²) in [5.74, 6) is 0.0975. The van der Waals surface area contributed by atoms with Gasteiger partial charge in [0.15, 0.2) is 5.78 Å². The van der Waals surface area contributed by atoms with Crippen molar-refractivity contribution >= 4 is 40.5 Å². The summed E-state index contributed by atoms with van der Waals surface area (Å²) in [4.78, 5) is 27.9. The van der Waals surface area contributed by atoms with Gasteiger partial charge in [0.25, 0.3) is 5.91 Å². The predicted octanol–water partition coefficient (Wildman–Crippen LogP) is 4.93. The molecule has 0 bridgehead atoms. The maximum atomic E-state index is 12.2. The molecule has 0 radical (unpaired) electrons. The number of benzene rings is 2. The van der Waals surface area contributed by atoms with E-state index in [1.165, 1.54) is 6.92 Å². The van der Waals surface area contributed by atoms with E-state index in [-0.39, 0.29) is 11.7 Å². The molecule has 0 aliphatic carbocycles. The highest BCUT2D eigenvalue weighted by atomic mass is 35.5. The van der Waals surface area contributed by atoms with E-state index >= 15 is 0 Å². The van der Waals surface area contributed by atoms with Crippen molar-refractivity contribution in [1.82, 2.24) is 4.98 Å². The van der Waals surface area contributed by atoms with Crippen LogP contribution in [0.4, 0.5) is 17.2 Å². The Morgan fingerprint density at radius 1 is 0.962 bits per heavy atom. The third-order valence-corrected chi connectivity index (χ3v) is 4.01. The molecule has 3 rings (SSSR count). The Labute approximate surface area is 156 Å². The van der Waals surface area contributed by atoms with E-state index in [0.29, 0.717) is 22.0 Å². The second-order valence-electron chi connectivity index (χ2n) is 5.63. The van der Waals surface area contributed by atoms with Gasteiger partial charge < -0.3 is 10.6 Å². The van der Waals surface area contributed by atoms with Crippen LogP contribution in [0.5, 0.6) is 0 Å². The van der Waals surface area contributed by atoms with Crippen molar-refractivity contribution in [3.05, 3.63) is 83.0 Å². The zero-order valence-corrected chi connectivity index (χ0v) is 14.7. The summed E-state index contributed by atoms with van der Waals surface area (Å²) in [6.07, 6.45) is 1.60. The molecule has 0 fully saturated rings. The fourth-order valence-electron chi connectivity index (χ4n) is 2.35. The van der Waals surface area contributed by atoms with Gasteiger partial charge in [-0.25, -0.2) is 4.98 Å². The van der Waals surface area contributed by atoms with Crippen LogP contribution in [0.25, 0.3) is 0 Å². The number of amides is 1. The maximum absolute atomic E-state index is 12.2. The van der Waals surface area contributed by atoms with Crippen molar-refractivity contribution in [2.75, 3.05) is 10.6 Å². The van der Waals surface area contributed by atoms with Crippen LogP contribution in [0.1, 0.15) is 27.6 Å². The Balaban J connectivity index is 1.69. The van der Waals surface area contributed by atoms with Crippen molar-refractivity contribution in [2.24, 2.45) is 0 Å². The molecular formula is C20H16ClN3O2. The van der Waals surface area contributed by atoms with E-state index in [1.807, 2.05) is 12.1 Å². The number of carbonyl (C=O) groups excluding carboxylic acids is 2. The highest BCUT2D eigenvalue weighted by Crippen LogP contribution is 2.20. The average molecular weight is 366 g/mol. The normalized spacial score (nSPS) is 10.2. The molecule has 6 heteroatoms. The average Bonchev–Trinajstić information content (AvgIpc) is 2.64. The third kappa shape index (κ3) is 4.26. The summed E-state index contributed by atoms with van der Waals surface area (Å²) in [6.45, 7) is 1.52. The minimum absolute atomic E-state index is 0.00408. The lowest BCUT2D eigenvalue weighted by Gasteiger charge is -2.09. The summed E-state index contributed by atoms with van der Waals surface area (Å²) in [5.41, 5.74) is 2.54. The summed E-state index contributed by atoms with van der Waals surface area (Å²) in [6, 6.07) is 17.5. The molecule has 3 aromatic rings. The number of halogens is 1. The van der Waals surface area contributed by atoms with Gasteiger partial charge in [-0.05, 0) is 43.3 Å². The molecule has 0 saturated heterocycles. The summed E-state index contributed by atoms with van der Waals surface area (Å²) in [7, 11) is 0. The molecular weight excluding hydrogens is 350 g/mol. The SMILES string of the molecule is CC(=O)c1cccc(Nc2ccc(NC(=O)c3ccccc3Cl)nc2)c1. The maximum Gasteiger partial charge on any atom is 0.258 e. The van der Waals surface area contributed by atoms with Crippen molar-refractivity contribution in [3.8, 4) is 0 Å². The lowest BCUT2D eigenvalue weighted by molar-refractivity contribution is 0.101. The smallest absolute Gasteiger partial charge is 0.258 e. The molecule has 26 heavy (non-hydrogen) atoms. The molecule has 1 aromatic heterocycles. The van der Waals surface area contributed by atoms with E-state index < -0.39 is 0 Å². The number of aromatic nitrogens is 1. The minimum Gasteiger partial charge on any atom is -0.354 e. The molecule has 5 nitrogen and oxygen atoms in total. The minimum atomic E-state index is -0.321.